The Kier molecular flexibility index (Phi) is 10.1. The largest absolute Gasteiger partial charge is 0.368 e. The second-order valence-corrected chi connectivity index (χ2v) is 2.98. The van der Waals surface area contributed by atoms with E-state index in [-0.39, 0.29) is 24.7 Å². The topological polar surface area (TPSA) is 29.5 Å². The molecule has 3 heteroatoms. The average Bonchev–Trinajstić information content (AvgIpc) is 1.88. The fraction of sp³-hybridized carbons (Fsp3) is 1.00. The third-order valence-electron chi connectivity index (χ3n) is 1.73. The first-order valence-corrected chi connectivity index (χ1v) is 4.52. The van der Waals surface area contributed by atoms with E-state index in [1.165, 1.54) is 0 Å². The first-order chi connectivity index (χ1) is 5.18. The molecule has 1 saturated heterocycles. The molecule has 1 heterocycles. The molecule has 0 bridgehead atoms. The SMILES string of the molecule is CC.C[C@H]1C[C@@H](C)O[C@@H](O)C1.[V]. The molecule has 12 heavy (non-hydrogen) atoms. The van der Waals surface area contributed by atoms with Crippen LogP contribution in [0.1, 0.15) is 40.5 Å². The Hall–Kier alpha value is 0.504. The molecule has 1 N–H and O–H groups in total. The minimum atomic E-state index is -0.510. The quantitative estimate of drug-likeness (QED) is 0.665. The van der Waals surface area contributed by atoms with E-state index in [0.717, 1.165) is 12.8 Å². The van der Waals surface area contributed by atoms with Crippen LogP contribution < -0.4 is 0 Å². The predicted molar refractivity (Wildman–Crippen MR) is 46.3 cm³/mol. The molecule has 0 spiro atoms. The van der Waals surface area contributed by atoms with Crippen LogP contribution in [0.2, 0.25) is 0 Å². The predicted octanol–water partition coefficient (Wildman–Crippen LogP) is 2.16. The van der Waals surface area contributed by atoms with Crippen molar-refractivity contribution in [3.8, 4) is 0 Å². The fourth-order valence-corrected chi connectivity index (χ4v) is 1.39. The summed E-state index contributed by atoms with van der Waals surface area (Å²) >= 11 is 0. The molecule has 73 valence electrons. The van der Waals surface area contributed by atoms with Crippen molar-refractivity contribution >= 4 is 0 Å². The van der Waals surface area contributed by atoms with Crippen LogP contribution in [0.15, 0.2) is 0 Å². The van der Waals surface area contributed by atoms with E-state index in [0.29, 0.717) is 5.92 Å². The van der Waals surface area contributed by atoms with Crippen LogP contribution in [0, 0.1) is 5.92 Å². The summed E-state index contributed by atoms with van der Waals surface area (Å²) in [6.45, 7) is 8.14. The molecule has 0 amide bonds. The van der Waals surface area contributed by atoms with E-state index in [1.54, 1.807) is 0 Å². The van der Waals surface area contributed by atoms with Crippen LogP contribution in [0.3, 0.4) is 0 Å². The summed E-state index contributed by atoms with van der Waals surface area (Å²) in [7, 11) is 0. The zero-order valence-electron chi connectivity index (χ0n) is 8.45. The number of ether oxygens (including phenoxy) is 1. The second kappa shape index (κ2) is 8.12. The molecule has 0 saturated carbocycles. The van der Waals surface area contributed by atoms with Crippen LogP contribution >= 0.6 is 0 Å². The fourth-order valence-electron chi connectivity index (χ4n) is 1.39. The molecule has 1 fully saturated rings. The maximum absolute atomic E-state index is 9.03. The van der Waals surface area contributed by atoms with E-state index in [9.17, 15) is 0 Å². The zero-order chi connectivity index (χ0) is 8.85. The van der Waals surface area contributed by atoms with Crippen LogP contribution in [-0.2, 0) is 23.3 Å². The molecule has 0 aromatic rings. The van der Waals surface area contributed by atoms with E-state index in [2.05, 4.69) is 6.92 Å². The van der Waals surface area contributed by atoms with Crippen molar-refractivity contribution < 1.29 is 28.4 Å². The maximum Gasteiger partial charge on any atom is 0.155 e. The van der Waals surface area contributed by atoms with Crippen molar-refractivity contribution in [1.82, 2.24) is 0 Å². The summed E-state index contributed by atoms with van der Waals surface area (Å²) in [6.07, 6.45) is 1.61. The molecule has 0 aliphatic carbocycles. The van der Waals surface area contributed by atoms with E-state index < -0.39 is 6.29 Å². The summed E-state index contributed by atoms with van der Waals surface area (Å²) < 4.78 is 5.11. The maximum atomic E-state index is 9.03. The number of hydrogen-bond donors (Lipinski definition) is 1. The molecule has 2 nitrogen and oxygen atoms in total. The standard InChI is InChI=1S/C7H14O2.C2H6.V/c1-5-3-6(2)9-7(8)4-5;1-2;/h5-8H,3-4H2,1-2H3;1-2H3;/t5-,6+,7+;;/m0../s1. The van der Waals surface area contributed by atoms with Gasteiger partial charge in [0.25, 0.3) is 0 Å². The molecule has 3 atom stereocenters. The number of rotatable bonds is 0. The minimum absolute atomic E-state index is 0. The Labute approximate surface area is 87.6 Å². The van der Waals surface area contributed by atoms with Crippen molar-refractivity contribution in [3.63, 3.8) is 0 Å². The molecule has 1 rings (SSSR count). The first-order valence-electron chi connectivity index (χ1n) is 4.52. The van der Waals surface area contributed by atoms with Gasteiger partial charge >= 0.3 is 0 Å². The van der Waals surface area contributed by atoms with Crippen LogP contribution in [0.4, 0.5) is 0 Å². The van der Waals surface area contributed by atoms with Gasteiger partial charge in [-0.15, -0.1) is 0 Å². The minimum Gasteiger partial charge on any atom is -0.368 e. The Balaban J connectivity index is 0. The van der Waals surface area contributed by atoms with Gasteiger partial charge in [-0.2, -0.15) is 0 Å². The van der Waals surface area contributed by atoms with Crippen molar-refractivity contribution in [2.45, 2.75) is 52.9 Å². The van der Waals surface area contributed by atoms with Crippen molar-refractivity contribution in [3.05, 3.63) is 0 Å². The van der Waals surface area contributed by atoms with Gasteiger partial charge in [-0.25, -0.2) is 0 Å². The van der Waals surface area contributed by atoms with Gasteiger partial charge in [0.2, 0.25) is 0 Å². The van der Waals surface area contributed by atoms with E-state index in [1.807, 2.05) is 20.8 Å². The van der Waals surface area contributed by atoms with Gasteiger partial charge in [0.1, 0.15) is 0 Å². The summed E-state index contributed by atoms with van der Waals surface area (Å²) in [5.41, 5.74) is 0. The van der Waals surface area contributed by atoms with Gasteiger partial charge < -0.3 is 9.84 Å². The van der Waals surface area contributed by atoms with Gasteiger partial charge in [-0.05, 0) is 19.3 Å². The third-order valence-corrected chi connectivity index (χ3v) is 1.73. The Morgan fingerprint density at radius 2 is 1.67 bits per heavy atom. The normalized spacial score (nSPS) is 34.2. The molecule has 0 unspecified atom stereocenters. The number of hydrogen-bond acceptors (Lipinski definition) is 2. The molecule has 1 radical (unpaired) electrons. The van der Waals surface area contributed by atoms with Gasteiger partial charge in [0.15, 0.2) is 6.29 Å². The molecule has 1 aliphatic heterocycles. The van der Waals surface area contributed by atoms with Crippen molar-refractivity contribution in [2.75, 3.05) is 0 Å². The Morgan fingerprint density at radius 3 is 2.00 bits per heavy atom. The monoisotopic (exact) mass is 211 g/mol. The molecular weight excluding hydrogens is 191 g/mol. The van der Waals surface area contributed by atoms with Gasteiger partial charge in [-0.3, -0.25) is 0 Å². The first kappa shape index (κ1) is 15.0. The summed E-state index contributed by atoms with van der Waals surface area (Å²) in [6, 6.07) is 0. The van der Waals surface area contributed by atoms with Crippen LogP contribution in [0.25, 0.3) is 0 Å². The smallest absolute Gasteiger partial charge is 0.155 e. The van der Waals surface area contributed by atoms with Gasteiger partial charge in [-0.1, -0.05) is 20.8 Å². The third kappa shape index (κ3) is 6.07. The summed E-state index contributed by atoms with van der Waals surface area (Å²) in [4.78, 5) is 0. The Bertz CT molecular complexity index is 73.5. The van der Waals surface area contributed by atoms with E-state index in [4.69, 9.17) is 9.84 Å². The van der Waals surface area contributed by atoms with Crippen molar-refractivity contribution in [2.24, 2.45) is 5.92 Å². The van der Waals surface area contributed by atoms with Crippen LogP contribution in [0.5, 0.6) is 0 Å². The Morgan fingerprint density at radius 1 is 1.17 bits per heavy atom. The van der Waals surface area contributed by atoms with Gasteiger partial charge in [0, 0.05) is 25.0 Å². The van der Waals surface area contributed by atoms with Crippen LogP contribution in [-0.4, -0.2) is 17.5 Å². The summed E-state index contributed by atoms with van der Waals surface area (Å²) in [5.74, 6) is 0.615. The average molecular weight is 211 g/mol. The number of aliphatic hydroxyl groups is 1. The number of aliphatic hydroxyl groups excluding tert-OH is 1. The zero-order valence-corrected chi connectivity index (χ0v) is 9.85. The molecule has 1 aliphatic rings. The second-order valence-electron chi connectivity index (χ2n) is 2.98. The van der Waals surface area contributed by atoms with Gasteiger partial charge in [0.05, 0.1) is 6.10 Å². The summed E-state index contributed by atoms with van der Waals surface area (Å²) in [5, 5.41) is 9.03. The van der Waals surface area contributed by atoms with E-state index >= 15 is 0 Å². The molecular formula is C9H20O2V. The van der Waals surface area contributed by atoms with Crippen molar-refractivity contribution in [1.29, 1.82) is 0 Å². The molecule has 0 aromatic heterocycles. The molecule has 0 aromatic carbocycles.